The Morgan fingerprint density at radius 1 is 0.947 bits per heavy atom. The summed E-state index contributed by atoms with van der Waals surface area (Å²) < 4.78 is 24.9. The molecule has 0 spiro atoms. The van der Waals surface area contributed by atoms with E-state index in [1.165, 1.54) is 6.07 Å². The fourth-order valence-electron chi connectivity index (χ4n) is 2.24. The van der Waals surface area contributed by atoms with Crippen LogP contribution in [-0.2, 0) is 0 Å². The highest BCUT2D eigenvalue weighted by molar-refractivity contribution is 5.51. The molecule has 2 aromatic carbocycles. The molecule has 2 N–H and O–H groups in total. The number of fused-ring (bicyclic) bond motifs is 1. The molecule has 1 atom stereocenters. The van der Waals surface area contributed by atoms with Crippen molar-refractivity contribution in [1.82, 2.24) is 0 Å². The third-order valence-electron chi connectivity index (χ3n) is 3.17. The number of ether oxygens (including phenoxy) is 2. The van der Waals surface area contributed by atoms with Crippen molar-refractivity contribution in [2.24, 2.45) is 5.73 Å². The lowest BCUT2D eigenvalue weighted by Gasteiger charge is -2.23. The Morgan fingerprint density at radius 3 is 2.53 bits per heavy atom. The number of benzene rings is 2. The number of nitrogens with two attached hydrogens (primary N) is 1. The standard InChI is InChI=1S/C15H14FNO2/c16-12-6-2-1-4-10(12)14(17)11-5-3-7-13-15(11)19-9-8-18-13/h1-7,14H,8-9,17H2. The normalized spacial score (nSPS) is 15.1. The third kappa shape index (κ3) is 2.15. The molecule has 3 nitrogen and oxygen atoms in total. The third-order valence-corrected chi connectivity index (χ3v) is 3.17. The molecule has 0 bridgehead atoms. The van der Waals surface area contributed by atoms with Gasteiger partial charge in [0.05, 0.1) is 6.04 Å². The summed E-state index contributed by atoms with van der Waals surface area (Å²) >= 11 is 0. The molecular weight excluding hydrogens is 245 g/mol. The number of rotatable bonds is 2. The molecule has 98 valence electrons. The summed E-state index contributed by atoms with van der Waals surface area (Å²) in [6.45, 7) is 0.999. The second-order valence-corrected chi connectivity index (χ2v) is 4.37. The Labute approximate surface area is 110 Å². The van der Waals surface area contributed by atoms with Crippen LogP contribution >= 0.6 is 0 Å². The summed E-state index contributed by atoms with van der Waals surface area (Å²) in [4.78, 5) is 0. The summed E-state index contributed by atoms with van der Waals surface area (Å²) in [5, 5.41) is 0. The molecule has 0 amide bonds. The first kappa shape index (κ1) is 12.0. The van der Waals surface area contributed by atoms with Gasteiger partial charge in [-0.2, -0.15) is 0 Å². The lowest BCUT2D eigenvalue weighted by Crippen LogP contribution is -2.20. The van der Waals surface area contributed by atoms with Gasteiger partial charge < -0.3 is 15.2 Å². The molecule has 1 unspecified atom stereocenters. The summed E-state index contributed by atoms with van der Waals surface area (Å²) in [6.07, 6.45) is 0. The van der Waals surface area contributed by atoms with Gasteiger partial charge >= 0.3 is 0 Å². The number of para-hydroxylation sites is 1. The summed E-state index contributed by atoms with van der Waals surface area (Å²) in [6, 6.07) is 11.4. The van der Waals surface area contributed by atoms with E-state index in [1.54, 1.807) is 18.2 Å². The topological polar surface area (TPSA) is 44.5 Å². The van der Waals surface area contributed by atoms with Crippen molar-refractivity contribution in [3.63, 3.8) is 0 Å². The van der Waals surface area contributed by atoms with Crippen LogP contribution in [0.5, 0.6) is 11.5 Å². The highest BCUT2D eigenvalue weighted by Gasteiger charge is 2.22. The van der Waals surface area contributed by atoms with Crippen LogP contribution in [0.1, 0.15) is 17.2 Å². The Bertz CT molecular complexity index is 600. The van der Waals surface area contributed by atoms with E-state index in [0.29, 0.717) is 30.3 Å². The molecular formula is C15H14FNO2. The maximum Gasteiger partial charge on any atom is 0.166 e. The van der Waals surface area contributed by atoms with Crippen LogP contribution in [0.25, 0.3) is 0 Å². The molecule has 0 radical (unpaired) electrons. The fourth-order valence-corrected chi connectivity index (χ4v) is 2.24. The maximum atomic E-state index is 13.8. The Balaban J connectivity index is 2.05. The highest BCUT2D eigenvalue weighted by Crippen LogP contribution is 2.38. The lowest BCUT2D eigenvalue weighted by atomic mass is 9.98. The molecule has 0 aliphatic carbocycles. The smallest absolute Gasteiger partial charge is 0.166 e. The maximum absolute atomic E-state index is 13.8. The summed E-state index contributed by atoms with van der Waals surface area (Å²) in [7, 11) is 0. The van der Waals surface area contributed by atoms with E-state index in [9.17, 15) is 4.39 Å². The predicted octanol–water partition coefficient (Wildman–Crippen LogP) is 2.65. The van der Waals surface area contributed by atoms with Crippen molar-refractivity contribution in [3.8, 4) is 11.5 Å². The van der Waals surface area contributed by atoms with Crippen molar-refractivity contribution >= 4 is 0 Å². The monoisotopic (exact) mass is 259 g/mol. The molecule has 1 aliphatic heterocycles. The van der Waals surface area contributed by atoms with E-state index in [-0.39, 0.29) is 5.82 Å². The van der Waals surface area contributed by atoms with Gasteiger partial charge in [-0.15, -0.1) is 0 Å². The van der Waals surface area contributed by atoms with Gasteiger partial charge in [-0.25, -0.2) is 4.39 Å². The van der Waals surface area contributed by atoms with Crippen molar-refractivity contribution in [2.45, 2.75) is 6.04 Å². The van der Waals surface area contributed by atoms with Gasteiger partial charge in [-0.05, 0) is 12.1 Å². The Morgan fingerprint density at radius 2 is 1.68 bits per heavy atom. The lowest BCUT2D eigenvalue weighted by molar-refractivity contribution is 0.169. The molecule has 0 fully saturated rings. The van der Waals surface area contributed by atoms with Gasteiger partial charge in [0.25, 0.3) is 0 Å². The van der Waals surface area contributed by atoms with Crippen LogP contribution in [-0.4, -0.2) is 13.2 Å². The molecule has 0 saturated carbocycles. The van der Waals surface area contributed by atoms with Gasteiger partial charge in [0, 0.05) is 11.1 Å². The average molecular weight is 259 g/mol. The van der Waals surface area contributed by atoms with Crippen LogP contribution < -0.4 is 15.2 Å². The number of halogens is 1. The van der Waals surface area contributed by atoms with E-state index >= 15 is 0 Å². The second-order valence-electron chi connectivity index (χ2n) is 4.37. The zero-order chi connectivity index (χ0) is 13.2. The van der Waals surface area contributed by atoms with E-state index < -0.39 is 6.04 Å². The molecule has 0 saturated heterocycles. The summed E-state index contributed by atoms with van der Waals surface area (Å²) in [5.41, 5.74) is 7.35. The minimum absolute atomic E-state index is 0.315. The van der Waals surface area contributed by atoms with E-state index in [0.717, 1.165) is 5.56 Å². The zero-order valence-electron chi connectivity index (χ0n) is 10.3. The van der Waals surface area contributed by atoms with E-state index in [2.05, 4.69) is 0 Å². The molecule has 4 heteroatoms. The van der Waals surface area contributed by atoms with Gasteiger partial charge in [-0.1, -0.05) is 30.3 Å². The van der Waals surface area contributed by atoms with Crippen LogP contribution in [0.4, 0.5) is 4.39 Å². The quantitative estimate of drug-likeness (QED) is 0.901. The van der Waals surface area contributed by atoms with Gasteiger partial charge in [-0.3, -0.25) is 0 Å². The van der Waals surface area contributed by atoms with E-state index in [1.807, 2.05) is 18.2 Å². The van der Waals surface area contributed by atoms with Crippen molar-refractivity contribution in [3.05, 3.63) is 59.4 Å². The molecule has 2 aromatic rings. The van der Waals surface area contributed by atoms with Gasteiger partial charge in [0.1, 0.15) is 19.0 Å². The van der Waals surface area contributed by atoms with Crippen molar-refractivity contribution < 1.29 is 13.9 Å². The van der Waals surface area contributed by atoms with Crippen LogP contribution in [0.15, 0.2) is 42.5 Å². The first-order valence-corrected chi connectivity index (χ1v) is 6.16. The minimum atomic E-state index is -0.571. The van der Waals surface area contributed by atoms with E-state index in [4.69, 9.17) is 15.2 Å². The predicted molar refractivity (Wildman–Crippen MR) is 69.9 cm³/mol. The SMILES string of the molecule is NC(c1ccccc1F)c1cccc2c1OCCO2. The number of hydrogen-bond donors (Lipinski definition) is 1. The first-order valence-electron chi connectivity index (χ1n) is 6.16. The van der Waals surface area contributed by atoms with Gasteiger partial charge in [0.2, 0.25) is 0 Å². The largest absolute Gasteiger partial charge is 0.486 e. The van der Waals surface area contributed by atoms with Crippen molar-refractivity contribution in [2.75, 3.05) is 13.2 Å². The van der Waals surface area contributed by atoms with Crippen LogP contribution in [0, 0.1) is 5.82 Å². The molecule has 1 heterocycles. The Hall–Kier alpha value is -2.07. The summed E-state index contributed by atoms with van der Waals surface area (Å²) in [5.74, 6) is 0.962. The first-order chi connectivity index (χ1) is 9.27. The molecule has 3 rings (SSSR count). The van der Waals surface area contributed by atoms with Crippen LogP contribution in [0.3, 0.4) is 0 Å². The average Bonchev–Trinajstić information content (AvgIpc) is 2.46. The molecule has 1 aliphatic rings. The minimum Gasteiger partial charge on any atom is -0.486 e. The molecule has 0 aromatic heterocycles. The van der Waals surface area contributed by atoms with Gasteiger partial charge in [0.15, 0.2) is 11.5 Å². The fraction of sp³-hybridized carbons (Fsp3) is 0.200. The second kappa shape index (κ2) is 4.90. The molecule has 19 heavy (non-hydrogen) atoms. The Kier molecular flexibility index (Phi) is 3.09. The zero-order valence-corrected chi connectivity index (χ0v) is 10.3. The number of hydrogen-bond acceptors (Lipinski definition) is 3. The highest BCUT2D eigenvalue weighted by atomic mass is 19.1. The van der Waals surface area contributed by atoms with Crippen LogP contribution in [0.2, 0.25) is 0 Å². The van der Waals surface area contributed by atoms with Crippen molar-refractivity contribution in [1.29, 1.82) is 0 Å².